The van der Waals surface area contributed by atoms with Gasteiger partial charge in [0.1, 0.15) is 5.75 Å². The number of hydrogen-bond donors (Lipinski definition) is 3. The minimum absolute atomic E-state index is 0.256. The quantitative estimate of drug-likeness (QED) is 0.677. The van der Waals surface area contributed by atoms with Crippen LogP contribution in [0.2, 0.25) is 0 Å². The number of rotatable bonds is 5. The van der Waals surface area contributed by atoms with Gasteiger partial charge in [0.25, 0.3) is 5.91 Å². The van der Waals surface area contributed by atoms with Crippen molar-refractivity contribution >= 4 is 18.5 Å². The van der Waals surface area contributed by atoms with Crippen LogP contribution in [-0.2, 0) is 6.54 Å². The molecular weight excluding hydrogens is 283 g/mol. The van der Waals surface area contributed by atoms with Crippen molar-refractivity contribution in [1.29, 1.82) is 0 Å². The number of methoxy groups -OCH3 is 1. The Morgan fingerprint density at radius 3 is 2.59 bits per heavy atom. The van der Waals surface area contributed by atoms with E-state index in [0.717, 1.165) is 11.3 Å². The molecule has 1 amide bonds. The van der Waals surface area contributed by atoms with Crippen molar-refractivity contribution in [2.24, 2.45) is 0 Å². The first-order valence-electron chi connectivity index (χ1n) is 6.75. The lowest BCUT2D eigenvalue weighted by Gasteiger charge is -2.10. The molecule has 0 unspecified atom stereocenters. The second-order valence-corrected chi connectivity index (χ2v) is 4.82. The van der Waals surface area contributed by atoms with Gasteiger partial charge in [0, 0.05) is 12.2 Å². The Bertz CT molecular complexity index is 659. The summed E-state index contributed by atoms with van der Waals surface area (Å²) in [5.74, 6) is 0.162. The second-order valence-electron chi connectivity index (χ2n) is 4.82. The molecule has 1 heterocycles. The number of aromatic nitrogens is 1. The first-order chi connectivity index (χ1) is 10.5. The van der Waals surface area contributed by atoms with Gasteiger partial charge < -0.3 is 20.1 Å². The molecule has 1 aromatic heterocycles. The second kappa shape index (κ2) is 7.06. The zero-order chi connectivity index (χ0) is 16.1. The molecule has 0 spiro atoms. The summed E-state index contributed by atoms with van der Waals surface area (Å²) in [6, 6.07) is 8.32. The van der Waals surface area contributed by atoms with E-state index in [1.807, 2.05) is 0 Å². The van der Waals surface area contributed by atoms with E-state index in [1.165, 1.54) is 13.3 Å². The maximum absolute atomic E-state index is 12.2. The smallest absolute Gasteiger partial charge is 0.488 e. The Labute approximate surface area is 128 Å². The molecule has 0 aliphatic rings. The van der Waals surface area contributed by atoms with Gasteiger partial charge in [0.15, 0.2) is 0 Å². The molecule has 7 heteroatoms. The third-order valence-electron chi connectivity index (χ3n) is 3.20. The SMILES string of the molecule is COc1cnc(C)cc1C(=O)NCc1ccc(B(O)O)cc1. The summed E-state index contributed by atoms with van der Waals surface area (Å²) in [6.07, 6.45) is 1.52. The molecule has 3 N–H and O–H groups in total. The van der Waals surface area contributed by atoms with Crippen LogP contribution < -0.4 is 15.5 Å². The first kappa shape index (κ1) is 16.0. The van der Waals surface area contributed by atoms with E-state index in [4.69, 9.17) is 14.8 Å². The van der Waals surface area contributed by atoms with Gasteiger partial charge in [-0.1, -0.05) is 24.3 Å². The lowest BCUT2D eigenvalue weighted by Crippen LogP contribution is -2.30. The number of amides is 1. The molecule has 0 atom stereocenters. The summed E-state index contributed by atoms with van der Waals surface area (Å²) >= 11 is 0. The molecule has 0 radical (unpaired) electrons. The van der Waals surface area contributed by atoms with Gasteiger partial charge >= 0.3 is 7.12 Å². The molecule has 2 rings (SSSR count). The van der Waals surface area contributed by atoms with Gasteiger partial charge in [-0.3, -0.25) is 9.78 Å². The van der Waals surface area contributed by atoms with Crippen LogP contribution in [0, 0.1) is 6.92 Å². The van der Waals surface area contributed by atoms with E-state index < -0.39 is 7.12 Å². The number of ether oxygens (including phenoxy) is 1. The Morgan fingerprint density at radius 1 is 1.32 bits per heavy atom. The fraction of sp³-hybridized carbons (Fsp3) is 0.200. The summed E-state index contributed by atoms with van der Waals surface area (Å²) in [5.41, 5.74) is 2.41. The fourth-order valence-electron chi connectivity index (χ4n) is 1.97. The first-order valence-corrected chi connectivity index (χ1v) is 6.75. The Balaban J connectivity index is 2.05. The summed E-state index contributed by atoms with van der Waals surface area (Å²) in [5, 5.41) is 20.9. The summed E-state index contributed by atoms with van der Waals surface area (Å²) in [7, 11) is -0.00473. The molecule has 0 aliphatic carbocycles. The van der Waals surface area contributed by atoms with Crippen molar-refractivity contribution in [3.8, 4) is 5.75 Å². The number of nitrogens with zero attached hydrogens (tertiary/aromatic N) is 1. The van der Waals surface area contributed by atoms with Crippen LogP contribution in [0.25, 0.3) is 0 Å². The largest absolute Gasteiger partial charge is 0.494 e. The van der Waals surface area contributed by atoms with E-state index in [2.05, 4.69) is 10.3 Å². The van der Waals surface area contributed by atoms with Crippen molar-refractivity contribution in [2.75, 3.05) is 7.11 Å². The average molecular weight is 300 g/mol. The number of nitrogens with one attached hydrogen (secondary N) is 1. The van der Waals surface area contributed by atoms with Gasteiger partial charge in [0.05, 0.1) is 18.9 Å². The normalized spacial score (nSPS) is 10.2. The maximum Gasteiger partial charge on any atom is 0.488 e. The molecular formula is C15H17BN2O4. The number of aryl methyl sites for hydroxylation is 1. The van der Waals surface area contributed by atoms with E-state index in [0.29, 0.717) is 23.3 Å². The van der Waals surface area contributed by atoms with Crippen LogP contribution in [0.4, 0.5) is 0 Å². The highest BCUT2D eigenvalue weighted by Crippen LogP contribution is 2.17. The molecule has 0 aliphatic heterocycles. The summed E-state index contributed by atoms with van der Waals surface area (Å²) in [6.45, 7) is 2.13. The topological polar surface area (TPSA) is 91.7 Å². The average Bonchev–Trinajstić information content (AvgIpc) is 2.53. The standard InChI is InChI=1S/C15H17BN2O4/c1-10-7-13(14(22-2)9-17-10)15(19)18-8-11-3-5-12(6-4-11)16(20)21/h3-7,9,20-21H,8H2,1-2H3,(H,18,19). The minimum atomic E-state index is -1.49. The third-order valence-corrected chi connectivity index (χ3v) is 3.20. The summed E-state index contributed by atoms with van der Waals surface area (Å²) < 4.78 is 5.14. The zero-order valence-corrected chi connectivity index (χ0v) is 12.4. The zero-order valence-electron chi connectivity index (χ0n) is 12.4. The predicted molar refractivity (Wildman–Crippen MR) is 83.0 cm³/mol. The van der Waals surface area contributed by atoms with Crippen molar-refractivity contribution in [3.63, 3.8) is 0 Å². The van der Waals surface area contributed by atoms with E-state index in [1.54, 1.807) is 37.3 Å². The van der Waals surface area contributed by atoms with E-state index >= 15 is 0 Å². The third kappa shape index (κ3) is 3.84. The number of hydrogen-bond acceptors (Lipinski definition) is 5. The van der Waals surface area contributed by atoms with Crippen molar-refractivity contribution in [1.82, 2.24) is 10.3 Å². The minimum Gasteiger partial charge on any atom is -0.494 e. The highest BCUT2D eigenvalue weighted by Gasteiger charge is 2.13. The van der Waals surface area contributed by atoms with Gasteiger partial charge in [-0.15, -0.1) is 0 Å². The molecule has 0 bridgehead atoms. The lowest BCUT2D eigenvalue weighted by atomic mass is 9.80. The molecule has 1 aromatic carbocycles. The van der Waals surface area contributed by atoms with Crippen molar-refractivity contribution in [3.05, 3.63) is 53.3 Å². The highest BCUT2D eigenvalue weighted by atomic mass is 16.5. The Kier molecular flexibility index (Phi) is 5.14. The lowest BCUT2D eigenvalue weighted by molar-refractivity contribution is 0.0947. The summed E-state index contributed by atoms with van der Waals surface area (Å²) in [4.78, 5) is 16.3. The van der Waals surface area contributed by atoms with Crippen LogP contribution in [0.15, 0.2) is 36.5 Å². The number of carbonyl (C=O) groups excluding carboxylic acids is 1. The molecule has 22 heavy (non-hydrogen) atoms. The maximum atomic E-state index is 12.2. The van der Waals surface area contributed by atoms with Crippen LogP contribution in [0.3, 0.4) is 0 Å². The van der Waals surface area contributed by atoms with Crippen LogP contribution in [0.1, 0.15) is 21.6 Å². The molecule has 2 aromatic rings. The van der Waals surface area contributed by atoms with Crippen LogP contribution in [0.5, 0.6) is 5.75 Å². The number of pyridine rings is 1. The van der Waals surface area contributed by atoms with Gasteiger partial charge in [0.2, 0.25) is 0 Å². The molecule has 0 saturated carbocycles. The van der Waals surface area contributed by atoms with Gasteiger partial charge in [-0.2, -0.15) is 0 Å². The number of benzene rings is 1. The molecule has 114 valence electrons. The van der Waals surface area contributed by atoms with Gasteiger partial charge in [-0.05, 0) is 24.0 Å². The fourth-order valence-corrected chi connectivity index (χ4v) is 1.97. The van der Waals surface area contributed by atoms with Crippen LogP contribution >= 0.6 is 0 Å². The number of carbonyl (C=O) groups is 1. The van der Waals surface area contributed by atoms with Crippen LogP contribution in [-0.4, -0.2) is 35.2 Å². The monoisotopic (exact) mass is 300 g/mol. The molecule has 0 fully saturated rings. The van der Waals surface area contributed by atoms with Crippen molar-refractivity contribution < 1.29 is 19.6 Å². The van der Waals surface area contributed by atoms with Crippen molar-refractivity contribution in [2.45, 2.75) is 13.5 Å². The predicted octanol–water partition coefficient (Wildman–Crippen LogP) is 0.00842. The molecule has 0 saturated heterocycles. The Hall–Kier alpha value is -2.38. The van der Waals surface area contributed by atoms with E-state index in [-0.39, 0.29) is 5.91 Å². The van der Waals surface area contributed by atoms with E-state index in [9.17, 15) is 4.79 Å². The van der Waals surface area contributed by atoms with Gasteiger partial charge in [-0.25, -0.2) is 0 Å². The highest BCUT2D eigenvalue weighted by molar-refractivity contribution is 6.58. The molecule has 6 nitrogen and oxygen atoms in total. The Morgan fingerprint density at radius 2 is 2.00 bits per heavy atom.